The van der Waals surface area contributed by atoms with Crippen LogP contribution in [0.4, 0.5) is 17.1 Å². The Kier molecular flexibility index (Phi) is 3.93. The van der Waals surface area contributed by atoms with Gasteiger partial charge in [0.1, 0.15) is 5.56 Å². The average Bonchev–Trinajstić information content (AvgIpc) is 2.35. The summed E-state index contributed by atoms with van der Waals surface area (Å²) in [5.74, 6) is -1.77. The maximum atomic E-state index is 11.0. The highest BCUT2D eigenvalue weighted by Crippen LogP contribution is 2.41. The number of hydrogen-bond donors (Lipinski definition) is 1. The molecule has 0 amide bonds. The average molecular weight is 285 g/mol. The van der Waals surface area contributed by atoms with E-state index in [4.69, 9.17) is 5.11 Å². The Balaban J connectivity index is 4.02. The summed E-state index contributed by atoms with van der Waals surface area (Å²) in [7, 11) is 0. The van der Waals surface area contributed by atoms with E-state index < -0.39 is 43.4 Å². The molecule has 1 aromatic carbocycles. The molecule has 1 aromatic rings. The van der Waals surface area contributed by atoms with Crippen LogP contribution < -0.4 is 0 Å². The SMILES string of the molecule is CCc1cc(C(=O)O)c([N+](=O)[O-])c([N+](=O)[O-])c1[N+](=O)[O-]. The third-order valence-electron chi connectivity index (χ3n) is 2.49. The van der Waals surface area contributed by atoms with Gasteiger partial charge in [-0.15, -0.1) is 0 Å². The smallest absolute Gasteiger partial charge is 0.423 e. The predicted molar refractivity (Wildman–Crippen MR) is 62.7 cm³/mol. The lowest BCUT2D eigenvalue weighted by Crippen LogP contribution is -2.10. The van der Waals surface area contributed by atoms with Gasteiger partial charge in [-0.05, 0) is 12.5 Å². The molecule has 0 atom stereocenters. The molecule has 0 fully saturated rings. The lowest BCUT2D eigenvalue weighted by molar-refractivity contribution is -0.441. The zero-order chi connectivity index (χ0) is 15.6. The molecule has 0 saturated carbocycles. The minimum Gasteiger partial charge on any atom is -0.477 e. The molecule has 11 nitrogen and oxygen atoms in total. The summed E-state index contributed by atoms with van der Waals surface area (Å²) >= 11 is 0. The molecule has 106 valence electrons. The van der Waals surface area contributed by atoms with Crippen LogP contribution in [0.15, 0.2) is 6.07 Å². The lowest BCUT2D eigenvalue weighted by Gasteiger charge is -2.04. The predicted octanol–water partition coefficient (Wildman–Crippen LogP) is 1.67. The molecule has 0 saturated heterocycles. The minimum atomic E-state index is -1.77. The molecule has 0 aliphatic carbocycles. The number of rotatable bonds is 5. The van der Waals surface area contributed by atoms with E-state index in [1.54, 1.807) is 0 Å². The number of carboxylic acids is 1. The maximum absolute atomic E-state index is 11.0. The van der Waals surface area contributed by atoms with Gasteiger partial charge in [-0.2, -0.15) is 0 Å². The summed E-state index contributed by atoms with van der Waals surface area (Å²) in [6, 6.07) is 0.714. The third kappa shape index (κ3) is 2.36. The van der Waals surface area contributed by atoms with Gasteiger partial charge in [-0.1, -0.05) is 6.92 Å². The minimum absolute atomic E-state index is 0.0879. The molecule has 0 aliphatic heterocycles. The first kappa shape index (κ1) is 14.9. The molecule has 0 aromatic heterocycles. The number of carbonyl (C=O) groups is 1. The van der Waals surface area contributed by atoms with Crippen molar-refractivity contribution in [3.05, 3.63) is 47.5 Å². The van der Waals surface area contributed by atoms with Crippen LogP contribution in [0.2, 0.25) is 0 Å². The summed E-state index contributed by atoms with van der Waals surface area (Å²) in [4.78, 5) is 39.8. The van der Waals surface area contributed by atoms with E-state index in [1.165, 1.54) is 6.92 Å². The van der Waals surface area contributed by atoms with Crippen LogP contribution in [-0.4, -0.2) is 25.8 Å². The van der Waals surface area contributed by atoms with Gasteiger partial charge in [0.15, 0.2) is 0 Å². The van der Waals surface area contributed by atoms with Crippen molar-refractivity contribution < 1.29 is 24.7 Å². The van der Waals surface area contributed by atoms with Crippen LogP contribution in [0.3, 0.4) is 0 Å². The van der Waals surface area contributed by atoms with E-state index in [0.29, 0.717) is 6.07 Å². The Bertz CT molecular complexity index is 639. The van der Waals surface area contributed by atoms with Crippen molar-refractivity contribution in [2.75, 3.05) is 0 Å². The van der Waals surface area contributed by atoms with Crippen LogP contribution in [0, 0.1) is 30.3 Å². The summed E-state index contributed by atoms with van der Waals surface area (Å²) in [6.07, 6.45) is -0.0879. The largest absolute Gasteiger partial charge is 0.477 e. The first-order chi connectivity index (χ1) is 9.22. The number of aryl methyl sites for hydroxylation is 1. The van der Waals surface area contributed by atoms with Gasteiger partial charge in [-0.3, -0.25) is 30.3 Å². The molecule has 0 aliphatic rings. The number of carboxylic acid groups (broad SMARTS) is 1. The highest BCUT2D eigenvalue weighted by molar-refractivity contribution is 5.96. The van der Waals surface area contributed by atoms with Crippen molar-refractivity contribution in [3.63, 3.8) is 0 Å². The van der Waals surface area contributed by atoms with Crippen molar-refractivity contribution in [3.8, 4) is 0 Å². The van der Waals surface area contributed by atoms with Gasteiger partial charge < -0.3 is 5.11 Å². The highest BCUT2D eigenvalue weighted by Gasteiger charge is 2.42. The molecule has 1 rings (SSSR count). The van der Waals surface area contributed by atoms with Crippen molar-refractivity contribution in [2.24, 2.45) is 0 Å². The summed E-state index contributed by atoms with van der Waals surface area (Å²) < 4.78 is 0. The van der Waals surface area contributed by atoms with Crippen LogP contribution >= 0.6 is 0 Å². The number of nitro benzene ring substituents is 3. The molecule has 0 spiro atoms. The first-order valence-electron chi connectivity index (χ1n) is 5.08. The second-order valence-electron chi connectivity index (χ2n) is 3.56. The second-order valence-corrected chi connectivity index (χ2v) is 3.56. The second kappa shape index (κ2) is 5.26. The molecular weight excluding hydrogens is 278 g/mol. The van der Waals surface area contributed by atoms with E-state index >= 15 is 0 Å². The van der Waals surface area contributed by atoms with E-state index in [1.807, 2.05) is 0 Å². The zero-order valence-electron chi connectivity index (χ0n) is 9.93. The maximum Gasteiger partial charge on any atom is 0.423 e. The van der Waals surface area contributed by atoms with Crippen molar-refractivity contribution in [1.29, 1.82) is 0 Å². The van der Waals surface area contributed by atoms with E-state index in [0.717, 1.165) is 0 Å². The van der Waals surface area contributed by atoms with Gasteiger partial charge in [0.25, 0.3) is 0 Å². The number of hydrogen-bond acceptors (Lipinski definition) is 7. The summed E-state index contributed by atoms with van der Waals surface area (Å²) in [5, 5.41) is 41.5. The Morgan fingerprint density at radius 2 is 1.50 bits per heavy atom. The molecular formula is C9H7N3O8. The van der Waals surface area contributed by atoms with E-state index in [-0.39, 0.29) is 12.0 Å². The van der Waals surface area contributed by atoms with Crippen LogP contribution in [-0.2, 0) is 6.42 Å². The van der Waals surface area contributed by atoms with Crippen LogP contribution in [0.1, 0.15) is 22.8 Å². The molecule has 1 N–H and O–H groups in total. The molecule has 0 bridgehead atoms. The highest BCUT2D eigenvalue weighted by atomic mass is 16.6. The Hall–Kier alpha value is -3.11. The summed E-state index contributed by atoms with van der Waals surface area (Å²) in [6.45, 7) is 1.41. The number of benzene rings is 1. The van der Waals surface area contributed by atoms with Gasteiger partial charge >= 0.3 is 23.0 Å². The normalized spacial score (nSPS) is 10.1. The van der Waals surface area contributed by atoms with Gasteiger partial charge in [-0.25, -0.2) is 4.79 Å². The monoisotopic (exact) mass is 285 g/mol. The topological polar surface area (TPSA) is 167 Å². The summed E-state index contributed by atoms with van der Waals surface area (Å²) in [5.41, 5.74) is -5.09. The molecule has 0 radical (unpaired) electrons. The van der Waals surface area contributed by atoms with E-state index in [2.05, 4.69) is 0 Å². The Morgan fingerprint density at radius 3 is 1.80 bits per heavy atom. The van der Waals surface area contributed by atoms with Crippen molar-refractivity contribution >= 4 is 23.0 Å². The number of nitro groups is 3. The standard InChI is InChI=1S/C9H7N3O8/c1-2-4-3-5(9(13)14)7(11(17)18)8(12(19)20)6(4)10(15)16/h3H,2H2,1H3,(H,13,14). The van der Waals surface area contributed by atoms with Crippen molar-refractivity contribution in [2.45, 2.75) is 13.3 Å². The fourth-order valence-corrected chi connectivity index (χ4v) is 1.70. The lowest BCUT2D eigenvalue weighted by atomic mass is 10.0. The Labute approximate surface area is 109 Å². The third-order valence-corrected chi connectivity index (χ3v) is 2.49. The van der Waals surface area contributed by atoms with Crippen molar-refractivity contribution in [1.82, 2.24) is 0 Å². The van der Waals surface area contributed by atoms with Gasteiger partial charge in [0.05, 0.1) is 14.8 Å². The number of nitrogens with zero attached hydrogens (tertiary/aromatic N) is 3. The number of aromatic carboxylic acids is 1. The van der Waals surface area contributed by atoms with Crippen LogP contribution in [0.25, 0.3) is 0 Å². The van der Waals surface area contributed by atoms with Gasteiger partial charge in [0, 0.05) is 5.56 Å². The first-order valence-corrected chi connectivity index (χ1v) is 5.08. The molecule has 0 unspecified atom stereocenters. The fraction of sp³-hybridized carbons (Fsp3) is 0.222. The molecule has 11 heteroatoms. The van der Waals surface area contributed by atoms with Gasteiger partial charge in [0.2, 0.25) is 0 Å². The molecule has 0 heterocycles. The fourth-order valence-electron chi connectivity index (χ4n) is 1.70. The van der Waals surface area contributed by atoms with Crippen LogP contribution in [0.5, 0.6) is 0 Å². The molecule has 20 heavy (non-hydrogen) atoms. The Morgan fingerprint density at radius 1 is 1.05 bits per heavy atom. The zero-order valence-corrected chi connectivity index (χ0v) is 9.93. The quantitative estimate of drug-likeness (QED) is 0.629. The van der Waals surface area contributed by atoms with E-state index in [9.17, 15) is 35.1 Å².